The zero-order chi connectivity index (χ0) is 27.9. The van der Waals surface area contributed by atoms with Crippen LogP contribution >= 0.6 is 23.4 Å². The molecule has 7 nitrogen and oxygen atoms in total. The van der Waals surface area contributed by atoms with Gasteiger partial charge in [-0.25, -0.2) is 9.97 Å². The van der Waals surface area contributed by atoms with Crippen LogP contribution in [0, 0.1) is 0 Å². The van der Waals surface area contributed by atoms with Gasteiger partial charge in [0.25, 0.3) is 5.91 Å². The topological polar surface area (TPSA) is 99.8 Å². The molecule has 40 heavy (non-hydrogen) atoms. The summed E-state index contributed by atoms with van der Waals surface area (Å²) in [5.41, 5.74) is 5.66. The number of H-pyrrole nitrogens is 1. The predicted molar refractivity (Wildman–Crippen MR) is 164 cm³/mol. The molecule has 5 aromatic rings. The molecule has 0 saturated heterocycles. The van der Waals surface area contributed by atoms with Crippen LogP contribution in [0.25, 0.3) is 22.2 Å². The van der Waals surface area contributed by atoms with Crippen molar-refractivity contribution in [3.8, 4) is 11.3 Å². The largest absolute Gasteiger partial charge is 0.385 e. The fourth-order valence-electron chi connectivity index (χ4n) is 4.37. The molecular weight excluding hydrogens is 542 g/mol. The Bertz CT molecular complexity index is 1650. The number of thioether (sulfide) groups is 1. The number of carbonyl (C=O) groups excluding carboxylic acids is 2. The van der Waals surface area contributed by atoms with E-state index >= 15 is 0 Å². The van der Waals surface area contributed by atoms with Gasteiger partial charge in [-0.3, -0.25) is 9.59 Å². The SMILES string of the molecule is CCSC(=O)CCNc1ccc(C(=O)Nc2cccc(Cc3ncc(Cl)c(-c4c[nH]c5ccccc45)n3)c2)cc1. The lowest BCUT2D eigenvalue weighted by Crippen LogP contribution is -2.12. The van der Waals surface area contributed by atoms with Crippen LogP contribution in [0.5, 0.6) is 0 Å². The Labute approximate surface area is 241 Å². The molecule has 0 fully saturated rings. The summed E-state index contributed by atoms with van der Waals surface area (Å²) in [6.07, 6.45) is 4.49. The minimum Gasteiger partial charge on any atom is -0.385 e. The third-order valence-electron chi connectivity index (χ3n) is 6.30. The van der Waals surface area contributed by atoms with Gasteiger partial charge < -0.3 is 15.6 Å². The minimum absolute atomic E-state index is 0.172. The summed E-state index contributed by atoms with van der Waals surface area (Å²) in [6, 6.07) is 22.9. The molecule has 2 heterocycles. The van der Waals surface area contributed by atoms with Crippen LogP contribution in [-0.2, 0) is 11.2 Å². The molecule has 1 amide bonds. The molecule has 9 heteroatoms. The molecule has 2 aromatic heterocycles. The van der Waals surface area contributed by atoms with E-state index in [4.69, 9.17) is 16.6 Å². The van der Waals surface area contributed by atoms with E-state index in [-0.39, 0.29) is 11.0 Å². The molecule has 3 N–H and O–H groups in total. The van der Waals surface area contributed by atoms with E-state index in [0.29, 0.717) is 47.2 Å². The van der Waals surface area contributed by atoms with E-state index in [1.165, 1.54) is 11.8 Å². The summed E-state index contributed by atoms with van der Waals surface area (Å²) in [6.45, 7) is 2.52. The van der Waals surface area contributed by atoms with Gasteiger partial charge in [-0.2, -0.15) is 0 Å². The molecule has 202 valence electrons. The maximum absolute atomic E-state index is 12.9. The van der Waals surface area contributed by atoms with Gasteiger partial charge in [0.2, 0.25) is 0 Å². The standard InChI is InChI=1S/C31H28ClN5O2S/c1-2-40-29(38)14-15-33-22-12-10-21(11-13-22)31(39)36-23-7-5-6-20(16-23)17-28-35-19-26(32)30(37-28)25-18-34-27-9-4-3-8-24(25)27/h3-13,16,18-19,33-34H,2,14-15,17H2,1H3,(H,36,39). The highest BCUT2D eigenvalue weighted by Gasteiger charge is 2.14. The van der Waals surface area contributed by atoms with E-state index < -0.39 is 0 Å². The van der Waals surface area contributed by atoms with Crippen LogP contribution in [0.4, 0.5) is 11.4 Å². The molecule has 0 saturated carbocycles. The second-order valence-electron chi connectivity index (χ2n) is 9.12. The van der Waals surface area contributed by atoms with E-state index in [2.05, 4.69) is 20.6 Å². The Morgan fingerprint density at radius 1 is 1.00 bits per heavy atom. The number of aromatic nitrogens is 3. The van der Waals surface area contributed by atoms with Crippen LogP contribution in [-0.4, -0.2) is 38.3 Å². The van der Waals surface area contributed by atoms with Gasteiger partial charge in [-0.15, -0.1) is 0 Å². The monoisotopic (exact) mass is 569 g/mol. The van der Waals surface area contributed by atoms with Crippen LogP contribution in [0.2, 0.25) is 5.02 Å². The van der Waals surface area contributed by atoms with Gasteiger partial charge in [0.15, 0.2) is 5.12 Å². The molecule has 0 aliphatic rings. The molecule has 0 radical (unpaired) electrons. The third kappa shape index (κ3) is 6.70. The molecule has 0 spiro atoms. The smallest absolute Gasteiger partial charge is 0.255 e. The third-order valence-corrected chi connectivity index (χ3v) is 7.39. The van der Waals surface area contributed by atoms with Crippen molar-refractivity contribution in [1.29, 1.82) is 0 Å². The van der Waals surface area contributed by atoms with E-state index in [0.717, 1.165) is 33.5 Å². The number of para-hydroxylation sites is 1. The number of rotatable bonds is 10. The lowest BCUT2D eigenvalue weighted by Gasteiger charge is -2.10. The Kier molecular flexibility index (Phi) is 8.78. The number of hydrogen-bond acceptors (Lipinski definition) is 6. The van der Waals surface area contributed by atoms with Gasteiger partial charge >= 0.3 is 0 Å². The van der Waals surface area contributed by atoms with Crippen molar-refractivity contribution in [2.75, 3.05) is 22.9 Å². The first-order valence-electron chi connectivity index (χ1n) is 13.0. The van der Waals surface area contributed by atoms with Gasteiger partial charge in [-0.05, 0) is 53.8 Å². The second-order valence-corrected chi connectivity index (χ2v) is 10.8. The van der Waals surface area contributed by atoms with Crippen LogP contribution < -0.4 is 10.6 Å². The number of hydrogen-bond donors (Lipinski definition) is 3. The lowest BCUT2D eigenvalue weighted by molar-refractivity contribution is -0.110. The maximum Gasteiger partial charge on any atom is 0.255 e. The van der Waals surface area contributed by atoms with Gasteiger partial charge in [-0.1, -0.05) is 60.6 Å². The quantitative estimate of drug-likeness (QED) is 0.164. The van der Waals surface area contributed by atoms with Crippen molar-refractivity contribution in [2.45, 2.75) is 19.8 Å². The Hall–Kier alpha value is -4.14. The molecule has 0 aliphatic carbocycles. The van der Waals surface area contributed by atoms with Crippen molar-refractivity contribution in [2.24, 2.45) is 0 Å². The van der Waals surface area contributed by atoms with Gasteiger partial charge in [0, 0.05) is 65.2 Å². The first kappa shape index (κ1) is 27.4. The number of amides is 1. The Morgan fingerprint density at radius 3 is 2.65 bits per heavy atom. The fraction of sp³-hybridized carbons (Fsp3) is 0.161. The predicted octanol–water partition coefficient (Wildman–Crippen LogP) is 7.20. The molecule has 5 rings (SSSR count). The number of benzene rings is 3. The first-order chi connectivity index (χ1) is 19.5. The number of carbonyl (C=O) groups is 2. The molecule has 0 aliphatic heterocycles. The average molecular weight is 570 g/mol. The maximum atomic E-state index is 12.9. The molecule has 0 bridgehead atoms. The number of halogens is 1. The molecule has 0 atom stereocenters. The van der Waals surface area contributed by atoms with Crippen LogP contribution in [0.1, 0.15) is 35.1 Å². The van der Waals surface area contributed by atoms with Crippen molar-refractivity contribution in [3.05, 3.63) is 107 Å². The molecule has 0 unspecified atom stereocenters. The summed E-state index contributed by atoms with van der Waals surface area (Å²) >= 11 is 7.82. The zero-order valence-electron chi connectivity index (χ0n) is 21.9. The minimum atomic E-state index is -0.206. The van der Waals surface area contributed by atoms with E-state index in [1.807, 2.05) is 73.8 Å². The van der Waals surface area contributed by atoms with Gasteiger partial charge in [0.1, 0.15) is 5.82 Å². The molecule has 3 aromatic carbocycles. The van der Waals surface area contributed by atoms with Crippen molar-refractivity contribution in [3.63, 3.8) is 0 Å². The number of aromatic amines is 1. The highest BCUT2D eigenvalue weighted by molar-refractivity contribution is 8.13. The van der Waals surface area contributed by atoms with Crippen LogP contribution in [0.3, 0.4) is 0 Å². The van der Waals surface area contributed by atoms with Crippen molar-refractivity contribution >= 4 is 56.7 Å². The highest BCUT2D eigenvalue weighted by Crippen LogP contribution is 2.32. The molecular formula is C31H28ClN5O2S. The number of nitrogens with zero attached hydrogens (tertiary/aromatic N) is 2. The summed E-state index contributed by atoms with van der Waals surface area (Å²) < 4.78 is 0. The normalized spacial score (nSPS) is 10.9. The fourth-order valence-corrected chi connectivity index (χ4v) is 5.13. The van der Waals surface area contributed by atoms with Crippen LogP contribution in [0.15, 0.2) is 85.2 Å². The van der Waals surface area contributed by atoms with Crippen molar-refractivity contribution in [1.82, 2.24) is 15.0 Å². The average Bonchev–Trinajstić information content (AvgIpc) is 3.39. The summed E-state index contributed by atoms with van der Waals surface area (Å²) in [5.74, 6) is 1.21. The summed E-state index contributed by atoms with van der Waals surface area (Å²) in [4.78, 5) is 37.0. The number of anilines is 2. The lowest BCUT2D eigenvalue weighted by atomic mass is 10.1. The Morgan fingerprint density at radius 2 is 1.82 bits per heavy atom. The zero-order valence-corrected chi connectivity index (χ0v) is 23.5. The van der Waals surface area contributed by atoms with E-state index in [9.17, 15) is 9.59 Å². The summed E-state index contributed by atoms with van der Waals surface area (Å²) in [7, 11) is 0. The van der Waals surface area contributed by atoms with E-state index in [1.54, 1.807) is 18.3 Å². The second kappa shape index (κ2) is 12.8. The summed E-state index contributed by atoms with van der Waals surface area (Å²) in [5, 5.41) is 7.89. The first-order valence-corrected chi connectivity index (χ1v) is 14.3. The Balaban J connectivity index is 1.23. The number of nitrogens with one attached hydrogen (secondary N) is 3. The highest BCUT2D eigenvalue weighted by atomic mass is 35.5. The van der Waals surface area contributed by atoms with Crippen molar-refractivity contribution < 1.29 is 9.59 Å². The van der Waals surface area contributed by atoms with Gasteiger partial charge in [0.05, 0.1) is 10.7 Å². The number of fused-ring (bicyclic) bond motifs is 1.